The third-order valence-corrected chi connectivity index (χ3v) is 7.96. The van der Waals surface area contributed by atoms with Crippen molar-refractivity contribution in [3.8, 4) is 5.75 Å². The molecule has 4 aromatic carbocycles. The first kappa shape index (κ1) is 28.0. The van der Waals surface area contributed by atoms with Crippen molar-refractivity contribution in [2.24, 2.45) is 0 Å². The molecule has 0 aliphatic carbocycles. The Morgan fingerprint density at radius 2 is 1.72 bits per heavy atom. The van der Waals surface area contributed by atoms with Gasteiger partial charge in [-0.15, -0.1) is 0 Å². The minimum absolute atomic E-state index is 0.0616. The molecular weight excluding hydrogens is 551 g/mol. The second-order valence-corrected chi connectivity index (χ2v) is 10.8. The Morgan fingerprint density at radius 3 is 2.51 bits per heavy atom. The van der Waals surface area contributed by atoms with Crippen molar-refractivity contribution in [2.75, 3.05) is 18.8 Å². The molecule has 0 bridgehead atoms. The predicted molar refractivity (Wildman–Crippen MR) is 158 cm³/mol. The Kier molecular flexibility index (Phi) is 7.56. The zero-order valence-electron chi connectivity index (χ0n) is 23.2. The Labute approximate surface area is 247 Å². The number of nitrogen functional groups attached to an aromatic ring is 1. The lowest BCUT2D eigenvalue weighted by Gasteiger charge is -2.44. The minimum atomic E-state index is -0.848. The monoisotopic (exact) mass is 582 g/mol. The molecule has 0 radical (unpaired) electrons. The number of hydrazine groups is 1. The number of nitrogens with zero attached hydrogens (tertiary/aromatic N) is 3. The van der Waals surface area contributed by atoms with Gasteiger partial charge in [-0.25, -0.2) is 9.18 Å². The van der Waals surface area contributed by atoms with E-state index >= 15 is 0 Å². The molecule has 6 rings (SSSR count). The quantitative estimate of drug-likeness (QED) is 0.196. The fourth-order valence-electron chi connectivity index (χ4n) is 5.82. The van der Waals surface area contributed by atoms with Crippen LogP contribution in [0.5, 0.6) is 5.75 Å². The number of phenols is 1. The van der Waals surface area contributed by atoms with Gasteiger partial charge in [0.1, 0.15) is 23.8 Å². The van der Waals surface area contributed by atoms with E-state index in [0.717, 1.165) is 16.3 Å². The zero-order chi connectivity index (χ0) is 30.1. The molecule has 0 aromatic heterocycles. The SMILES string of the molecule is Nc1cc(C[C@H]2C(=O)N(Cc3cccc4ccccc34)C[C@@H]3N(NC(=O)NCc4ccc(F)cc4)CC(=O)N32)ccc1O. The Hall–Kier alpha value is -5.16. The number of rotatable bonds is 7. The molecule has 0 saturated carbocycles. The smallest absolute Gasteiger partial charge is 0.329 e. The number of nitrogens with two attached hydrogens (primary N) is 1. The fourth-order valence-corrected chi connectivity index (χ4v) is 5.82. The number of amides is 4. The van der Waals surface area contributed by atoms with E-state index in [-0.39, 0.29) is 55.1 Å². The number of piperazine rings is 1. The number of benzene rings is 4. The van der Waals surface area contributed by atoms with Crippen LogP contribution in [0.1, 0.15) is 16.7 Å². The van der Waals surface area contributed by atoms with E-state index in [4.69, 9.17) is 5.73 Å². The maximum Gasteiger partial charge on any atom is 0.329 e. The highest BCUT2D eigenvalue weighted by Gasteiger charge is 2.50. The summed E-state index contributed by atoms with van der Waals surface area (Å²) in [4.78, 5) is 43.5. The lowest BCUT2D eigenvalue weighted by molar-refractivity contribution is -0.154. The topological polar surface area (TPSA) is 131 Å². The number of halogens is 1. The van der Waals surface area contributed by atoms with Gasteiger partial charge in [-0.3, -0.25) is 15.0 Å². The van der Waals surface area contributed by atoms with E-state index in [2.05, 4.69) is 10.7 Å². The molecule has 0 unspecified atom stereocenters. The average Bonchev–Trinajstić information content (AvgIpc) is 3.30. The highest BCUT2D eigenvalue weighted by molar-refractivity contribution is 5.92. The summed E-state index contributed by atoms with van der Waals surface area (Å²) in [7, 11) is 0. The van der Waals surface area contributed by atoms with Crippen LogP contribution in [-0.4, -0.2) is 63.1 Å². The van der Waals surface area contributed by atoms with E-state index < -0.39 is 18.2 Å². The molecule has 2 aliphatic heterocycles. The summed E-state index contributed by atoms with van der Waals surface area (Å²) in [6, 6.07) is 23.1. The first-order valence-electron chi connectivity index (χ1n) is 14.0. The largest absolute Gasteiger partial charge is 0.506 e. The molecule has 0 spiro atoms. The number of nitrogens with one attached hydrogen (secondary N) is 2. The van der Waals surface area contributed by atoms with Gasteiger partial charge in [-0.05, 0) is 51.7 Å². The molecule has 5 N–H and O–H groups in total. The summed E-state index contributed by atoms with van der Waals surface area (Å²) >= 11 is 0. The van der Waals surface area contributed by atoms with Crippen molar-refractivity contribution < 1.29 is 23.9 Å². The van der Waals surface area contributed by atoms with Gasteiger partial charge in [0.05, 0.1) is 18.8 Å². The Bertz CT molecular complexity index is 1690. The van der Waals surface area contributed by atoms with Crippen LogP contribution in [0.3, 0.4) is 0 Å². The minimum Gasteiger partial charge on any atom is -0.506 e. The van der Waals surface area contributed by atoms with Gasteiger partial charge in [0.25, 0.3) is 0 Å². The summed E-state index contributed by atoms with van der Waals surface area (Å²) in [5.41, 5.74) is 11.3. The maximum atomic E-state index is 14.0. The highest BCUT2D eigenvalue weighted by atomic mass is 19.1. The first-order chi connectivity index (χ1) is 20.8. The number of hydrogen-bond acceptors (Lipinski definition) is 6. The van der Waals surface area contributed by atoms with E-state index in [1.54, 1.807) is 34.2 Å². The van der Waals surface area contributed by atoms with Gasteiger partial charge >= 0.3 is 6.03 Å². The highest BCUT2D eigenvalue weighted by Crippen LogP contribution is 2.30. The molecule has 11 heteroatoms. The Balaban J connectivity index is 1.26. The zero-order valence-corrected chi connectivity index (χ0v) is 23.2. The van der Waals surface area contributed by atoms with Gasteiger partial charge < -0.3 is 26.0 Å². The standard InChI is InChI=1S/C32H31FN6O4/c33-24-11-8-20(9-12-24)16-35-32(43)36-38-19-30(41)39-27(15-21-10-13-28(40)26(34)14-21)31(42)37(18-29(38)39)17-23-6-3-5-22-4-1-2-7-25(22)23/h1-14,27,29,40H,15-19,34H2,(H2,35,36,43)/t27-,29+/m0/s1. The Morgan fingerprint density at radius 1 is 0.977 bits per heavy atom. The van der Waals surface area contributed by atoms with Gasteiger partial charge in [0.15, 0.2) is 0 Å². The van der Waals surface area contributed by atoms with Crippen LogP contribution in [0, 0.1) is 5.82 Å². The third kappa shape index (κ3) is 5.80. The first-order valence-corrected chi connectivity index (χ1v) is 14.0. The van der Waals surface area contributed by atoms with E-state index in [1.165, 1.54) is 23.1 Å². The molecule has 4 amide bonds. The lowest BCUT2D eigenvalue weighted by atomic mass is 9.98. The van der Waals surface area contributed by atoms with Crippen molar-refractivity contribution in [3.63, 3.8) is 0 Å². The number of carbonyl (C=O) groups is 3. The maximum absolute atomic E-state index is 14.0. The van der Waals surface area contributed by atoms with Crippen molar-refractivity contribution in [1.82, 2.24) is 25.6 Å². The number of carbonyl (C=O) groups excluding carboxylic acids is 3. The summed E-state index contributed by atoms with van der Waals surface area (Å²) in [5, 5.41) is 16.3. The van der Waals surface area contributed by atoms with Crippen molar-refractivity contribution in [3.05, 3.63) is 107 Å². The molecule has 10 nitrogen and oxygen atoms in total. The van der Waals surface area contributed by atoms with Crippen LogP contribution in [0.15, 0.2) is 84.9 Å². The number of anilines is 1. The van der Waals surface area contributed by atoms with E-state index in [1.807, 2.05) is 42.5 Å². The van der Waals surface area contributed by atoms with Crippen LogP contribution >= 0.6 is 0 Å². The number of hydrogen-bond donors (Lipinski definition) is 4. The van der Waals surface area contributed by atoms with Gasteiger partial charge in [-0.1, -0.05) is 60.7 Å². The van der Waals surface area contributed by atoms with Crippen LogP contribution < -0.4 is 16.5 Å². The molecule has 4 aromatic rings. The van der Waals surface area contributed by atoms with Gasteiger partial charge in [0.2, 0.25) is 11.8 Å². The number of aromatic hydroxyl groups is 1. The van der Waals surface area contributed by atoms with Crippen LogP contribution in [0.2, 0.25) is 0 Å². The number of phenolic OH excluding ortho intramolecular Hbond substituents is 1. The molecule has 2 saturated heterocycles. The molecule has 2 aliphatic rings. The van der Waals surface area contributed by atoms with Crippen LogP contribution in [-0.2, 0) is 29.1 Å². The normalized spacial score (nSPS) is 18.6. The summed E-state index contributed by atoms with van der Waals surface area (Å²) < 4.78 is 13.2. The molecule has 220 valence electrons. The van der Waals surface area contributed by atoms with Crippen molar-refractivity contribution in [2.45, 2.75) is 31.7 Å². The lowest BCUT2D eigenvalue weighted by Crippen LogP contribution is -2.65. The van der Waals surface area contributed by atoms with Crippen molar-refractivity contribution in [1.29, 1.82) is 0 Å². The predicted octanol–water partition coefficient (Wildman–Crippen LogP) is 3.10. The number of fused-ring (bicyclic) bond motifs is 2. The molecule has 43 heavy (non-hydrogen) atoms. The average molecular weight is 583 g/mol. The fraction of sp³-hybridized carbons (Fsp3) is 0.219. The second kappa shape index (κ2) is 11.6. The number of urea groups is 1. The van der Waals surface area contributed by atoms with Crippen molar-refractivity contribution >= 4 is 34.3 Å². The molecular formula is C32H31FN6O4. The molecule has 2 atom stereocenters. The van der Waals surface area contributed by atoms with E-state index in [0.29, 0.717) is 17.7 Å². The molecule has 2 fully saturated rings. The summed E-state index contributed by atoms with van der Waals surface area (Å²) in [6.07, 6.45) is -0.432. The summed E-state index contributed by atoms with van der Waals surface area (Å²) in [5.74, 6) is -0.938. The van der Waals surface area contributed by atoms with Gasteiger partial charge in [0, 0.05) is 19.5 Å². The van der Waals surface area contributed by atoms with Crippen LogP contribution in [0.25, 0.3) is 10.8 Å². The third-order valence-electron chi connectivity index (χ3n) is 7.96. The molecule has 2 heterocycles. The van der Waals surface area contributed by atoms with E-state index in [9.17, 15) is 23.9 Å². The second-order valence-electron chi connectivity index (χ2n) is 10.8. The van der Waals surface area contributed by atoms with Crippen LogP contribution in [0.4, 0.5) is 14.9 Å². The van der Waals surface area contributed by atoms with Gasteiger partial charge in [-0.2, -0.15) is 5.01 Å². The summed E-state index contributed by atoms with van der Waals surface area (Å²) in [6.45, 7) is 0.550.